The molecule has 600 valence electrons. The lowest BCUT2D eigenvalue weighted by Gasteiger charge is -2.43. The van der Waals surface area contributed by atoms with E-state index in [1.807, 2.05) is 20.8 Å². The van der Waals surface area contributed by atoms with Crippen LogP contribution in [0.1, 0.15) is 186 Å². The van der Waals surface area contributed by atoms with E-state index in [0.717, 1.165) is 76.7 Å². The Labute approximate surface area is 639 Å². The average Bonchev–Trinajstić information content (AvgIpc) is 1.45. The highest BCUT2D eigenvalue weighted by molar-refractivity contribution is 6.31. The second-order valence-electron chi connectivity index (χ2n) is 31.4. The fraction of sp³-hybridized carbons (Fsp3) is 0.705. The quantitative estimate of drug-likeness (QED) is 0.173. The van der Waals surface area contributed by atoms with Crippen molar-refractivity contribution in [3.63, 3.8) is 0 Å². The van der Waals surface area contributed by atoms with Crippen molar-refractivity contribution in [3.8, 4) is 5.88 Å². The van der Waals surface area contributed by atoms with Gasteiger partial charge in [0.25, 0.3) is 0 Å². The molecular formula is C78H117ClF3N13O13. The molecule has 1 aromatic heterocycles. The molecular weight excluding hydrogens is 1420 g/mol. The first kappa shape index (κ1) is 87.1. The molecule has 0 radical (unpaired) electrons. The van der Waals surface area contributed by atoms with Crippen molar-refractivity contribution >= 4 is 82.5 Å². The second kappa shape index (κ2) is 39.5. The third-order valence-corrected chi connectivity index (χ3v) is 23.4. The second-order valence-corrected chi connectivity index (χ2v) is 31.8. The first-order valence-corrected chi connectivity index (χ1v) is 39.0. The fourth-order valence-electron chi connectivity index (χ4n) is 16.0. The number of benzene rings is 1. The molecule has 5 aliphatic rings. The Bertz CT molecular complexity index is 3490. The van der Waals surface area contributed by atoms with Gasteiger partial charge in [-0.05, 0) is 118 Å². The Hall–Kier alpha value is -8.11. The Kier molecular flexibility index (Phi) is 31.9. The Balaban J connectivity index is 1.35. The minimum atomic E-state index is -4.79. The smallest absolute Gasteiger partial charge is 0.417 e. The Morgan fingerprint density at radius 3 is 1.81 bits per heavy atom. The molecule has 30 heteroatoms. The average molecular weight is 1540 g/mol. The van der Waals surface area contributed by atoms with E-state index in [-0.39, 0.29) is 68.2 Å². The summed E-state index contributed by atoms with van der Waals surface area (Å²) in [5.41, 5.74) is -2.10. The number of methoxy groups -OCH3 is 1. The molecule has 3 aliphatic carbocycles. The highest BCUT2D eigenvalue weighted by Crippen LogP contribution is 2.38. The number of piperidine rings is 1. The summed E-state index contributed by atoms with van der Waals surface area (Å²) >= 11 is 6.22. The molecule has 1 spiro atoms. The molecule has 7 rings (SSSR count). The molecule has 108 heavy (non-hydrogen) atoms. The van der Waals surface area contributed by atoms with Gasteiger partial charge in [0.1, 0.15) is 47.8 Å². The van der Waals surface area contributed by atoms with Gasteiger partial charge >= 0.3 is 6.18 Å². The van der Waals surface area contributed by atoms with E-state index in [2.05, 4.69) is 20.9 Å². The molecule has 8 atom stereocenters. The number of hydrogen-bond donors (Lipinski definition) is 3. The van der Waals surface area contributed by atoms with E-state index in [1.54, 1.807) is 24.0 Å². The summed E-state index contributed by atoms with van der Waals surface area (Å²) in [5.74, 6) is -9.13. The van der Waals surface area contributed by atoms with Crippen LogP contribution < -0.4 is 20.7 Å². The summed E-state index contributed by atoms with van der Waals surface area (Å²) in [6.45, 7) is 6.28. The van der Waals surface area contributed by atoms with Gasteiger partial charge in [-0.25, -0.2) is 4.98 Å². The van der Waals surface area contributed by atoms with E-state index in [9.17, 15) is 41.9 Å². The zero-order valence-electron chi connectivity index (χ0n) is 65.6. The first-order valence-electron chi connectivity index (χ1n) is 38.6. The van der Waals surface area contributed by atoms with E-state index in [1.165, 1.54) is 95.4 Å². The summed E-state index contributed by atoms with van der Waals surface area (Å²) < 4.78 is 47.4. The monoisotopic (exact) mass is 1540 g/mol. The van der Waals surface area contributed by atoms with Gasteiger partial charge in [-0.3, -0.25) is 57.5 Å². The lowest BCUT2D eigenvalue weighted by atomic mass is 9.81. The predicted molar refractivity (Wildman–Crippen MR) is 400 cm³/mol. The topological polar surface area (TPSA) is 292 Å². The number of aromatic nitrogens is 1. The summed E-state index contributed by atoms with van der Waals surface area (Å²) in [4.78, 5) is 198. The van der Waals surface area contributed by atoms with Gasteiger partial charge in [0.05, 0.1) is 43.8 Å². The molecule has 2 saturated heterocycles. The molecule has 2 aromatic rings. The minimum Gasteiger partial charge on any atom is -0.481 e. The SMILES string of the molecule is CC[C@H](C)[C@@H]1NC(=O)[C@H](CC(C)C)N(C)C(=O)C[C@@H](C(=O)N2CCCCC2)N(C)C(=O)[C@H](C2CCCCC2)N(C)C(=O)C2(CCCC2)NC(=O)[C@H](Cc2ccc(OC)nc2)N(C)C(=O)[C@H](CCc2ccc(C(F)(F)F)c(Cl)c2)NC(=O)CN(C)C(=O)[C@H](CC2CCCCC2)N(C)C(=O)CN(C)C(=O)CN(C)C1=O. The number of ether oxygens (including phenoxy) is 1. The molecule has 0 unspecified atom stereocenters. The van der Waals surface area contributed by atoms with Gasteiger partial charge in [-0.15, -0.1) is 0 Å². The third kappa shape index (κ3) is 22.5. The number of carbonyl (C=O) groups excluding carboxylic acids is 12. The van der Waals surface area contributed by atoms with Crippen LogP contribution in [0.25, 0.3) is 0 Å². The zero-order chi connectivity index (χ0) is 79.6. The summed E-state index contributed by atoms with van der Waals surface area (Å²) in [6.07, 6.45) is 7.00. The molecule has 3 heterocycles. The van der Waals surface area contributed by atoms with E-state index in [4.69, 9.17) is 16.3 Å². The molecule has 0 bridgehead atoms. The van der Waals surface area contributed by atoms with Crippen molar-refractivity contribution in [2.75, 3.05) is 96.2 Å². The maximum Gasteiger partial charge on any atom is 0.417 e. The maximum absolute atomic E-state index is 16.0. The van der Waals surface area contributed by atoms with Crippen molar-refractivity contribution in [1.82, 2.24) is 65.0 Å². The normalized spacial score (nSPS) is 25.3. The number of rotatable bonds is 14. The minimum absolute atomic E-state index is 0.00906. The van der Waals surface area contributed by atoms with Crippen LogP contribution in [-0.4, -0.2) is 264 Å². The van der Waals surface area contributed by atoms with E-state index >= 15 is 28.8 Å². The van der Waals surface area contributed by atoms with Gasteiger partial charge < -0.3 is 64.8 Å². The number of hydrogen-bond acceptors (Lipinski definition) is 14. The van der Waals surface area contributed by atoms with Gasteiger partial charge in [0, 0.05) is 88.2 Å². The summed E-state index contributed by atoms with van der Waals surface area (Å²) in [5, 5.41) is 8.16. The van der Waals surface area contributed by atoms with Gasteiger partial charge in [-0.1, -0.05) is 122 Å². The largest absolute Gasteiger partial charge is 0.481 e. The van der Waals surface area contributed by atoms with Crippen LogP contribution in [-0.2, 0) is 76.6 Å². The van der Waals surface area contributed by atoms with Crippen LogP contribution >= 0.6 is 11.6 Å². The fourth-order valence-corrected chi connectivity index (χ4v) is 16.3. The van der Waals surface area contributed by atoms with E-state index in [0.29, 0.717) is 76.4 Å². The predicted octanol–water partition coefficient (Wildman–Crippen LogP) is 6.91. The number of halogens is 4. The lowest BCUT2D eigenvalue weighted by Crippen LogP contribution is -2.66. The van der Waals surface area contributed by atoms with Crippen LogP contribution in [0.4, 0.5) is 13.2 Å². The third-order valence-electron chi connectivity index (χ3n) is 23.1. The van der Waals surface area contributed by atoms with Crippen molar-refractivity contribution in [2.24, 2.45) is 23.7 Å². The number of alkyl halides is 3. The van der Waals surface area contributed by atoms with Crippen molar-refractivity contribution in [3.05, 3.63) is 58.2 Å². The van der Waals surface area contributed by atoms with Crippen molar-refractivity contribution in [2.45, 2.75) is 236 Å². The van der Waals surface area contributed by atoms with Gasteiger partial charge in [-0.2, -0.15) is 13.2 Å². The Morgan fingerprint density at radius 2 is 1.22 bits per heavy atom. The molecule has 12 amide bonds. The van der Waals surface area contributed by atoms with Crippen LogP contribution in [0.15, 0.2) is 36.5 Å². The number of nitrogens with one attached hydrogen (secondary N) is 3. The summed E-state index contributed by atoms with van der Waals surface area (Å²) in [6, 6.07) is -3.00. The molecule has 1 aromatic carbocycles. The van der Waals surface area contributed by atoms with Crippen molar-refractivity contribution in [1.29, 1.82) is 0 Å². The first-order chi connectivity index (χ1) is 51.0. The van der Waals surface area contributed by atoms with Crippen LogP contribution in [0.2, 0.25) is 5.02 Å². The molecule has 5 fully saturated rings. The number of likely N-dealkylation sites (N-methyl/N-ethyl adjacent to an activating group) is 8. The van der Waals surface area contributed by atoms with Gasteiger partial charge in [0.2, 0.25) is 76.8 Å². The molecule has 26 nitrogen and oxygen atoms in total. The van der Waals surface area contributed by atoms with Crippen LogP contribution in [0, 0.1) is 23.7 Å². The van der Waals surface area contributed by atoms with Crippen molar-refractivity contribution < 1.29 is 75.4 Å². The molecule has 2 aliphatic heterocycles. The maximum atomic E-state index is 16.0. The number of nitrogens with zero attached hydrogens (tertiary/aromatic N) is 10. The van der Waals surface area contributed by atoms with Gasteiger partial charge in [0.15, 0.2) is 0 Å². The highest BCUT2D eigenvalue weighted by Gasteiger charge is 2.51. The number of likely N-dealkylation sites (tertiary alicyclic amines) is 1. The molecule has 3 N–H and O–H groups in total. The standard InChI is InChI=1S/C78H117ClF3N13O13/c1-14-50(4)67-74(105)89(7)47-65(98)87(5)48-66(99)91(9)60(42-51-26-18-15-19-27-51)72(103)88(6)46-62(96)84-57(34-31-52-30-33-55(56(79)41-52)78(80,81)82)71(102)92(10)59(43-53-32-35-63(108-13)83-45-53)70(101)86-77(36-22-23-37-77)76(107)94(12)68(54-28-20-16-21-29-54)75(106)93(11)61(73(104)95-38-24-17-25-39-95)44-64(97)90(8)58(40-49(2)3)69(100)85-67/h30,32-33,35,41,45,49-51,54,57-61,67-68H,14-29,31,34,36-40,42-44,46-48H2,1-13H3,(H,84,96)(H,85,100)(H,86,101)/t50-,57-,58-,59-,60-,61-,67-,68-/m0/s1. The summed E-state index contributed by atoms with van der Waals surface area (Å²) in [7, 11) is 12.7. The van der Waals surface area contributed by atoms with Crippen LogP contribution in [0.3, 0.4) is 0 Å². The number of amides is 12. The lowest BCUT2D eigenvalue weighted by molar-refractivity contribution is -0.157. The Morgan fingerprint density at radius 1 is 0.630 bits per heavy atom. The zero-order valence-corrected chi connectivity index (χ0v) is 66.4. The number of pyridine rings is 1. The highest BCUT2D eigenvalue weighted by atomic mass is 35.5. The number of carbonyl (C=O) groups is 12. The van der Waals surface area contributed by atoms with E-state index < -0.39 is 173 Å². The molecule has 3 saturated carbocycles. The van der Waals surface area contributed by atoms with Crippen LogP contribution in [0.5, 0.6) is 5.88 Å². The number of aryl methyl sites for hydroxylation is 1.